The molecule has 0 bridgehead atoms. The highest BCUT2D eigenvalue weighted by Crippen LogP contribution is 2.23. The fourth-order valence-electron chi connectivity index (χ4n) is 2.92. The average molecular weight is 271 g/mol. The van der Waals surface area contributed by atoms with E-state index in [1.54, 1.807) is 6.07 Å². The Kier molecular flexibility index (Phi) is 3.83. The minimum Gasteiger partial charge on any atom is -0.309 e. The number of hydrogen-bond acceptors (Lipinski definition) is 3. The van der Waals surface area contributed by atoms with Crippen LogP contribution in [0.1, 0.15) is 38.4 Å². The normalized spacial score (nSPS) is 23.1. The standard InChI is InChI=1S/C16H21N3O/c1-11-6-8-12(9-7-11)17-10-15-18-14-5-3-2-4-13(14)16(20)19-15/h2-5,11-12,17H,6-10H2,1H3,(H,18,19,20). The Labute approximate surface area is 118 Å². The Hall–Kier alpha value is -1.68. The van der Waals surface area contributed by atoms with Gasteiger partial charge in [-0.15, -0.1) is 0 Å². The summed E-state index contributed by atoms with van der Waals surface area (Å²) >= 11 is 0. The van der Waals surface area contributed by atoms with Crippen LogP contribution in [0.25, 0.3) is 10.9 Å². The number of benzene rings is 1. The van der Waals surface area contributed by atoms with Gasteiger partial charge in [0.1, 0.15) is 5.82 Å². The fraction of sp³-hybridized carbons (Fsp3) is 0.500. The zero-order valence-electron chi connectivity index (χ0n) is 11.9. The van der Waals surface area contributed by atoms with Gasteiger partial charge in [0.05, 0.1) is 17.4 Å². The molecule has 3 rings (SSSR count). The van der Waals surface area contributed by atoms with E-state index in [4.69, 9.17) is 0 Å². The van der Waals surface area contributed by atoms with Crippen LogP contribution in [0.2, 0.25) is 0 Å². The molecule has 1 saturated carbocycles. The second-order valence-electron chi connectivity index (χ2n) is 5.87. The Bertz CT molecular complexity index is 641. The Balaban J connectivity index is 1.70. The number of aromatic nitrogens is 2. The molecule has 0 atom stereocenters. The zero-order chi connectivity index (χ0) is 13.9. The van der Waals surface area contributed by atoms with E-state index in [1.165, 1.54) is 25.7 Å². The van der Waals surface area contributed by atoms with Crippen LogP contribution >= 0.6 is 0 Å². The molecule has 1 aliphatic rings. The molecule has 0 saturated heterocycles. The summed E-state index contributed by atoms with van der Waals surface area (Å²) in [4.78, 5) is 19.4. The molecule has 2 N–H and O–H groups in total. The lowest BCUT2D eigenvalue weighted by Crippen LogP contribution is -2.33. The fourth-order valence-corrected chi connectivity index (χ4v) is 2.92. The lowest BCUT2D eigenvalue weighted by atomic mass is 9.87. The van der Waals surface area contributed by atoms with Crippen molar-refractivity contribution in [3.63, 3.8) is 0 Å². The van der Waals surface area contributed by atoms with Gasteiger partial charge < -0.3 is 10.3 Å². The van der Waals surface area contributed by atoms with Gasteiger partial charge in [0.2, 0.25) is 0 Å². The first-order valence-corrected chi connectivity index (χ1v) is 7.43. The summed E-state index contributed by atoms with van der Waals surface area (Å²) in [5.41, 5.74) is 0.718. The van der Waals surface area contributed by atoms with Crippen molar-refractivity contribution < 1.29 is 0 Å². The molecule has 0 unspecified atom stereocenters. The highest BCUT2D eigenvalue weighted by molar-refractivity contribution is 5.77. The minimum absolute atomic E-state index is 0.0512. The molecule has 4 nitrogen and oxygen atoms in total. The Morgan fingerprint density at radius 1 is 1.25 bits per heavy atom. The summed E-state index contributed by atoms with van der Waals surface area (Å²) < 4.78 is 0. The number of hydrogen-bond donors (Lipinski definition) is 2. The van der Waals surface area contributed by atoms with Gasteiger partial charge >= 0.3 is 0 Å². The molecule has 106 valence electrons. The summed E-state index contributed by atoms with van der Waals surface area (Å²) in [6.45, 7) is 2.96. The molecule has 20 heavy (non-hydrogen) atoms. The van der Waals surface area contributed by atoms with Gasteiger partial charge in [0.25, 0.3) is 5.56 Å². The molecule has 0 aliphatic heterocycles. The number of H-pyrrole nitrogens is 1. The van der Waals surface area contributed by atoms with Crippen molar-refractivity contribution >= 4 is 10.9 Å². The van der Waals surface area contributed by atoms with Crippen LogP contribution in [0.3, 0.4) is 0 Å². The van der Waals surface area contributed by atoms with Gasteiger partial charge in [-0.05, 0) is 43.7 Å². The molecular formula is C16H21N3O. The van der Waals surface area contributed by atoms with Crippen molar-refractivity contribution in [3.8, 4) is 0 Å². The van der Waals surface area contributed by atoms with Crippen molar-refractivity contribution in [1.82, 2.24) is 15.3 Å². The van der Waals surface area contributed by atoms with Crippen molar-refractivity contribution in [1.29, 1.82) is 0 Å². The molecule has 2 aromatic rings. The molecule has 1 fully saturated rings. The van der Waals surface area contributed by atoms with E-state index < -0.39 is 0 Å². The van der Waals surface area contributed by atoms with E-state index in [0.29, 0.717) is 18.0 Å². The minimum atomic E-state index is -0.0512. The number of rotatable bonds is 3. The average Bonchev–Trinajstić information content (AvgIpc) is 2.47. The predicted molar refractivity (Wildman–Crippen MR) is 80.6 cm³/mol. The summed E-state index contributed by atoms with van der Waals surface area (Å²) in [5, 5.41) is 4.17. The second-order valence-corrected chi connectivity index (χ2v) is 5.87. The number of aromatic amines is 1. The SMILES string of the molecule is CC1CCC(NCc2nc3ccccc3c(=O)[nH]2)CC1. The van der Waals surface area contributed by atoms with Crippen molar-refractivity contribution in [2.45, 2.75) is 45.2 Å². The first-order chi connectivity index (χ1) is 9.72. The molecule has 0 amide bonds. The first kappa shape index (κ1) is 13.3. The summed E-state index contributed by atoms with van der Waals surface area (Å²) in [6, 6.07) is 8.02. The van der Waals surface area contributed by atoms with Crippen LogP contribution in [-0.2, 0) is 6.54 Å². The summed E-state index contributed by atoms with van der Waals surface area (Å²) in [5.74, 6) is 1.58. The molecule has 0 radical (unpaired) electrons. The highest BCUT2D eigenvalue weighted by Gasteiger charge is 2.17. The van der Waals surface area contributed by atoms with Gasteiger partial charge in [-0.1, -0.05) is 19.1 Å². The molecule has 1 heterocycles. The van der Waals surface area contributed by atoms with Crippen LogP contribution in [0, 0.1) is 5.92 Å². The van der Waals surface area contributed by atoms with E-state index in [-0.39, 0.29) is 5.56 Å². The van der Waals surface area contributed by atoms with Crippen LogP contribution < -0.4 is 10.9 Å². The zero-order valence-corrected chi connectivity index (χ0v) is 11.9. The van der Waals surface area contributed by atoms with Crippen molar-refractivity contribution in [2.75, 3.05) is 0 Å². The van der Waals surface area contributed by atoms with Gasteiger partial charge in [0, 0.05) is 6.04 Å². The van der Waals surface area contributed by atoms with Crippen LogP contribution in [-0.4, -0.2) is 16.0 Å². The van der Waals surface area contributed by atoms with E-state index in [0.717, 1.165) is 17.3 Å². The van der Waals surface area contributed by atoms with Crippen molar-refractivity contribution in [3.05, 3.63) is 40.4 Å². The summed E-state index contributed by atoms with van der Waals surface area (Å²) in [7, 11) is 0. The van der Waals surface area contributed by atoms with Crippen LogP contribution in [0.15, 0.2) is 29.1 Å². The molecular weight excluding hydrogens is 250 g/mol. The van der Waals surface area contributed by atoms with E-state index in [9.17, 15) is 4.79 Å². The Morgan fingerprint density at radius 3 is 2.80 bits per heavy atom. The number of para-hydroxylation sites is 1. The lowest BCUT2D eigenvalue weighted by Gasteiger charge is -2.26. The third-order valence-electron chi connectivity index (χ3n) is 4.24. The number of nitrogens with one attached hydrogen (secondary N) is 2. The maximum atomic E-state index is 12.0. The molecule has 1 aromatic heterocycles. The third kappa shape index (κ3) is 2.90. The molecule has 0 spiro atoms. The van der Waals surface area contributed by atoms with Gasteiger partial charge in [-0.3, -0.25) is 4.79 Å². The maximum absolute atomic E-state index is 12.0. The van der Waals surface area contributed by atoms with Crippen LogP contribution in [0.5, 0.6) is 0 Å². The molecule has 4 heteroatoms. The second kappa shape index (κ2) is 5.75. The van der Waals surface area contributed by atoms with Gasteiger partial charge in [-0.2, -0.15) is 0 Å². The quantitative estimate of drug-likeness (QED) is 0.902. The highest BCUT2D eigenvalue weighted by atomic mass is 16.1. The van der Waals surface area contributed by atoms with E-state index >= 15 is 0 Å². The first-order valence-electron chi connectivity index (χ1n) is 7.43. The van der Waals surface area contributed by atoms with E-state index in [2.05, 4.69) is 22.2 Å². The Morgan fingerprint density at radius 2 is 2.00 bits per heavy atom. The van der Waals surface area contributed by atoms with Gasteiger partial charge in [0.15, 0.2) is 0 Å². The van der Waals surface area contributed by atoms with E-state index in [1.807, 2.05) is 18.2 Å². The lowest BCUT2D eigenvalue weighted by molar-refractivity contribution is 0.305. The predicted octanol–water partition coefficient (Wildman–Crippen LogP) is 2.59. The monoisotopic (exact) mass is 271 g/mol. The van der Waals surface area contributed by atoms with Gasteiger partial charge in [-0.25, -0.2) is 4.98 Å². The summed E-state index contributed by atoms with van der Waals surface area (Å²) in [6.07, 6.45) is 5.02. The smallest absolute Gasteiger partial charge is 0.258 e. The largest absolute Gasteiger partial charge is 0.309 e. The number of fused-ring (bicyclic) bond motifs is 1. The number of nitrogens with zero attached hydrogens (tertiary/aromatic N) is 1. The maximum Gasteiger partial charge on any atom is 0.258 e. The molecule has 1 aliphatic carbocycles. The van der Waals surface area contributed by atoms with Crippen molar-refractivity contribution in [2.24, 2.45) is 5.92 Å². The third-order valence-corrected chi connectivity index (χ3v) is 4.24. The van der Waals surface area contributed by atoms with Crippen LogP contribution in [0.4, 0.5) is 0 Å². The molecule has 1 aromatic carbocycles. The topological polar surface area (TPSA) is 57.8 Å².